The van der Waals surface area contributed by atoms with Crippen LogP contribution in [0.4, 0.5) is 15.9 Å². The van der Waals surface area contributed by atoms with Gasteiger partial charge in [-0.15, -0.1) is 0 Å². The van der Waals surface area contributed by atoms with Crippen molar-refractivity contribution < 1.29 is 9.18 Å². The Morgan fingerprint density at radius 2 is 1.69 bits per heavy atom. The first-order valence-electron chi connectivity index (χ1n) is 9.00. The van der Waals surface area contributed by atoms with Crippen molar-refractivity contribution in [2.75, 3.05) is 4.90 Å². The van der Waals surface area contributed by atoms with Crippen LogP contribution in [0, 0.1) is 5.82 Å². The Balaban J connectivity index is 2.01. The second-order valence-electron chi connectivity index (χ2n) is 6.48. The number of hydrogen-bond acceptors (Lipinski definition) is 4. The summed E-state index contributed by atoms with van der Waals surface area (Å²) in [5.74, 6) is 0.0917. The Kier molecular flexibility index (Phi) is 4.87. The SMILES string of the molecule is CC(=O)N(c1cccnc1)c1c(-c2ccncc2)c(-c2ccc(F)cc2)nn1C. The third kappa shape index (κ3) is 3.50. The van der Waals surface area contributed by atoms with E-state index in [4.69, 9.17) is 0 Å². The van der Waals surface area contributed by atoms with Gasteiger partial charge in [0.05, 0.1) is 17.4 Å². The van der Waals surface area contributed by atoms with Crippen LogP contribution in [-0.2, 0) is 11.8 Å². The third-order valence-corrected chi connectivity index (χ3v) is 4.53. The van der Waals surface area contributed by atoms with Crippen molar-refractivity contribution in [1.82, 2.24) is 19.7 Å². The lowest BCUT2D eigenvalue weighted by atomic mass is 10.0. The van der Waals surface area contributed by atoms with Gasteiger partial charge in [0, 0.05) is 38.1 Å². The summed E-state index contributed by atoms with van der Waals surface area (Å²) in [6.07, 6.45) is 6.65. The molecule has 0 aliphatic rings. The first-order valence-corrected chi connectivity index (χ1v) is 9.00. The number of anilines is 2. The number of aryl methyl sites for hydroxylation is 1. The van der Waals surface area contributed by atoms with Gasteiger partial charge in [-0.2, -0.15) is 5.10 Å². The molecule has 0 aliphatic carbocycles. The van der Waals surface area contributed by atoms with E-state index in [1.165, 1.54) is 19.1 Å². The quantitative estimate of drug-likeness (QED) is 0.522. The molecule has 0 saturated carbocycles. The van der Waals surface area contributed by atoms with Crippen LogP contribution in [0.1, 0.15) is 6.92 Å². The van der Waals surface area contributed by atoms with Crippen LogP contribution in [0.2, 0.25) is 0 Å². The molecule has 4 rings (SSSR count). The summed E-state index contributed by atoms with van der Waals surface area (Å²) in [4.78, 5) is 22.5. The average Bonchev–Trinajstić information content (AvgIpc) is 3.07. The topological polar surface area (TPSA) is 63.9 Å². The fourth-order valence-corrected chi connectivity index (χ4v) is 3.31. The molecule has 4 aromatic rings. The number of pyridine rings is 2. The number of rotatable bonds is 4. The molecule has 0 saturated heterocycles. The number of halogens is 1. The number of nitrogens with zero attached hydrogens (tertiary/aromatic N) is 5. The molecule has 7 heteroatoms. The fraction of sp³-hybridized carbons (Fsp3) is 0.0909. The minimum Gasteiger partial charge on any atom is -0.274 e. The van der Waals surface area contributed by atoms with Crippen molar-refractivity contribution in [3.8, 4) is 22.4 Å². The van der Waals surface area contributed by atoms with E-state index in [2.05, 4.69) is 15.1 Å². The van der Waals surface area contributed by atoms with Gasteiger partial charge in [0.2, 0.25) is 5.91 Å². The van der Waals surface area contributed by atoms with Gasteiger partial charge >= 0.3 is 0 Å². The molecule has 0 radical (unpaired) electrons. The van der Waals surface area contributed by atoms with Gasteiger partial charge in [-0.3, -0.25) is 24.3 Å². The van der Waals surface area contributed by atoms with E-state index in [-0.39, 0.29) is 11.7 Å². The normalized spacial score (nSPS) is 10.7. The van der Waals surface area contributed by atoms with Crippen molar-refractivity contribution in [2.24, 2.45) is 7.05 Å². The fourth-order valence-electron chi connectivity index (χ4n) is 3.31. The van der Waals surface area contributed by atoms with E-state index in [1.807, 2.05) is 18.2 Å². The number of hydrogen-bond donors (Lipinski definition) is 0. The molecule has 0 aliphatic heterocycles. The molecule has 6 nitrogen and oxygen atoms in total. The van der Waals surface area contributed by atoms with Gasteiger partial charge < -0.3 is 0 Å². The highest BCUT2D eigenvalue weighted by Gasteiger charge is 2.27. The van der Waals surface area contributed by atoms with Crippen LogP contribution >= 0.6 is 0 Å². The molecule has 0 bridgehead atoms. The molecule has 0 atom stereocenters. The predicted octanol–water partition coefficient (Wildman–Crippen LogP) is 4.37. The van der Waals surface area contributed by atoms with Gasteiger partial charge in [-0.25, -0.2) is 4.39 Å². The molecule has 3 aromatic heterocycles. The molecule has 144 valence electrons. The summed E-state index contributed by atoms with van der Waals surface area (Å²) in [6, 6.07) is 13.4. The predicted molar refractivity (Wildman–Crippen MR) is 109 cm³/mol. The maximum Gasteiger partial charge on any atom is 0.229 e. The highest BCUT2D eigenvalue weighted by Crippen LogP contribution is 2.41. The van der Waals surface area contributed by atoms with Crippen LogP contribution in [0.5, 0.6) is 0 Å². The smallest absolute Gasteiger partial charge is 0.229 e. The molecule has 0 spiro atoms. The van der Waals surface area contributed by atoms with Crippen molar-refractivity contribution in [2.45, 2.75) is 6.92 Å². The second-order valence-corrected chi connectivity index (χ2v) is 6.48. The molecule has 1 amide bonds. The van der Waals surface area contributed by atoms with E-state index in [9.17, 15) is 9.18 Å². The average molecular weight is 387 g/mol. The maximum absolute atomic E-state index is 13.5. The zero-order chi connectivity index (χ0) is 20.4. The van der Waals surface area contributed by atoms with Gasteiger partial charge in [-0.1, -0.05) is 0 Å². The standard InChI is InChI=1S/C22H18FN5O/c1-15(29)28(19-4-3-11-25-14-19)22-20(16-9-12-24-13-10-16)21(26-27(22)2)17-5-7-18(23)8-6-17/h3-14H,1-2H3. The molecule has 0 fully saturated rings. The Morgan fingerprint density at radius 1 is 0.966 bits per heavy atom. The Hall–Kier alpha value is -3.87. The van der Waals surface area contributed by atoms with Gasteiger partial charge in [0.1, 0.15) is 17.3 Å². The Labute approximate surface area is 167 Å². The number of carbonyl (C=O) groups excluding carboxylic acids is 1. The number of amides is 1. The minimum absolute atomic E-state index is 0.179. The summed E-state index contributed by atoms with van der Waals surface area (Å²) in [5, 5.41) is 4.68. The van der Waals surface area contributed by atoms with Gasteiger partial charge in [0.25, 0.3) is 0 Å². The van der Waals surface area contributed by atoms with Crippen molar-refractivity contribution >= 4 is 17.4 Å². The molecule has 0 N–H and O–H groups in total. The van der Waals surface area contributed by atoms with E-state index in [1.54, 1.807) is 59.6 Å². The largest absolute Gasteiger partial charge is 0.274 e. The summed E-state index contributed by atoms with van der Waals surface area (Å²) >= 11 is 0. The summed E-state index contributed by atoms with van der Waals surface area (Å²) < 4.78 is 15.1. The lowest BCUT2D eigenvalue weighted by Crippen LogP contribution is -2.25. The van der Waals surface area contributed by atoms with Crippen LogP contribution in [0.3, 0.4) is 0 Å². The Bertz CT molecular complexity index is 1140. The monoisotopic (exact) mass is 387 g/mol. The van der Waals surface area contributed by atoms with Crippen molar-refractivity contribution in [1.29, 1.82) is 0 Å². The molecule has 0 unspecified atom stereocenters. The van der Waals surface area contributed by atoms with Crippen LogP contribution < -0.4 is 4.90 Å². The van der Waals surface area contributed by atoms with E-state index in [0.717, 1.165) is 16.7 Å². The lowest BCUT2D eigenvalue weighted by molar-refractivity contribution is -0.115. The molecule has 29 heavy (non-hydrogen) atoms. The number of carbonyl (C=O) groups is 1. The van der Waals surface area contributed by atoms with E-state index in [0.29, 0.717) is 17.2 Å². The second kappa shape index (κ2) is 7.63. The maximum atomic E-state index is 13.5. The highest BCUT2D eigenvalue weighted by molar-refractivity contribution is 6.04. The minimum atomic E-state index is -0.323. The molecular weight excluding hydrogens is 369 g/mol. The number of aromatic nitrogens is 4. The third-order valence-electron chi connectivity index (χ3n) is 4.53. The van der Waals surface area contributed by atoms with Crippen molar-refractivity contribution in [3.63, 3.8) is 0 Å². The first kappa shape index (κ1) is 18.5. The highest BCUT2D eigenvalue weighted by atomic mass is 19.1. The van der Waals surface area contributed by atoms with E-state index < -0.39 is 0 Å². The van der Waals surface area contributed by atoms with Gasteiger partial charge in [-0.05, 0) is 54.1 Å². The first-order chi connectivity index (χ1) is 14.1. The molecule has 3 heterocycles. The zero-order valence-corrected chi connectivity index (χ0v) is 16.0. The van der Waals surface area contributed by atoms with Crippen LogP contribution in [-0.4, -0.2) is 25.7 Å². The van der Waals surface area contributed by atoms with Crippen LogP contribution in [0.15, 0.2) is 73.3 Å². The van der Waals surface area contributed by atoms with Crippen LogP contribution in [0.25, 0.3) is 22.4 Å². The van der Waals surface area contributed by atoms with Crippen molar-refractivity contribution in [3.05, 3.63) is 79.1 Å². The Morgan fingerprint density at radius 3 is 2.31 bits per heavy atom. The molecule has 1 aromatic carbocycles. The van der Waals surface area contributed by atoms with E-state index >= 15 is 0 Å². The lowest BCUT2D eigenvalue weighted by Gasteiger charge is -2.22. The number of benzene rings is 1. The summed E-state index contributed by atoms with van der Waals surface area (Å²) in [5.41, 5.74) is 3.61. The summed E-state index contributed by atoms with van der Waals surface area (Å²) in [6.45, 7) is 1.49. The van der Waals surface area contributed by atoms with Gasteiger partial charge in [0.15, 0.2) is 0 Å². The summed E-state index contributed by atoms with van der Waals surface area (Å²) in [7, 11) is 1.78. The molecular formula is C22H18FN5O. The zero-order valence-electron chi connectivity index (χ0n) is 16.0.